The second-order valence-corrected chi connectivity index (χ2v) is 21.8. The third kappa shape index (κ3) is 7.05. The molecule has 0 atom stereocenters. The standard InChI is InChI=1S/C75H48N2OS/c1-3-18-49(19-4-1)51-38-40-55(41-39-51)76(56-24-15-23-53(46-56)50-20-5-2-6-21-50)68-32-17-35-72-73(68)63-48-58(43-45-71(63)79-72)77(57-42-44-60-54(47-57)37-36-52-22-7-8-25-59(52)60)69-33-16-31-67-74(69)78-70-34-14-13-30-66(70)75(67)64-28-11-9-26-61(64)62-27-10-12-29-65(62)75/h1-48H. The minimum atomic E-state index is -0.621. The van der Waals surface area contributed by atoms with Gasteiger partial charge < -0.3 is 14.5 Å². The van der Waals surface area contributed by atoms with Crippen molar-refractivity contribution < 1.29 is 4.74 Å². The lowest BCUT2D eigenvalue weighted by Crippen LogP contribution is -2.32. The summed E-state index contributed by atoms with van der Waals surface area (Å²) >= 11 is 1.84. The lowest BCUT2D eigenvalue weighted by Gasteiger charge is -2.41. The monoisotopic (exact) mass is 1020 g/mol. The van der Waals surface area contributed by atoms with Crippen molar-refractivity contribution in [1.82, 2.24) is 0 Å². The Bertz CT molecular complexity index is 4670. The second kappa shape index (κ2) is 18.1. The summed E-state index contributed by atoms with van der Waals surface area (Å²) in [5.41, 5.74) is 17.7. The predicted molar refractivity (Wildman–Crippen MR) is 332 cm³/mol. The molecule has 0 bridgehead atoms. The quantitative estimate of drug-likeness (QED) is 0.141. The number of para-hydroxylation sites is 2. The van der Waals surface area contributed by atoms with Gasteiger partial charge in [-0.1, -0.05) is 212 Å². The zero-order chi connectivity index (χ0) is 52.0. The number of thiophene rings is 1. The molecule has 79 heavy (non-hydrogen) atoms. The molecule has 0 saturated heterocycles. The highest BCUT2D eigenvalue weighted by Gasteiger charge is 2.51. The van der Waals surface area contributed by atoms with E-state index < -0.39 is 5.41 Å². The molecule has 1 spiro atoms. The van der Waals surface area contributed by atoms with Crippen LogP contribution in [0.15, 0.2) is 291 Å². The Kier molecular flexibility index (Phi) is 10.3. The Morgan fingerprint density at radius 2 is 0.848 bits per heavy atom. The van der Waals surface area contributed by atoms with Gasteiger partial charge in [-0.05, 0) is 145 Å². The number of ether oxygens (including phenoxy) is 1. The number of benzene rings is 13. The van der Waals surface area contributed by atoms with Gasteiger partial charge in [0.1, 0.15) is 5.75 Å². The van der Waals surface area contributed by atoms with E-state index >= 15 is 0 Å². The van der Waals surface area contributed by atoms with Crippen molar-refractivity contribution >= 4 is 87.2 Å². The Hall–Kier alpha value is -10.0. The van der Waals surface area contributed by atoms with Crippen LogP contribution in [-0.4, -0.2) is 0 Å². The van der Waals surface area contributed by atoms with Crippen molar-refractivity contribution in [3.63, 3.8) is 0 Å². The van der Waals surface area contributed by atoms with Gasteiger partial charge in [-0.15, -0.1) is 11.3 Å². The van der Waals surface area contributed by atoms with Crippen LogP contribution < -0.4 is 14.5 Å². The van der Waals surface area contributed by atoms with E-state index in [-0.39, 0.29) is 0 Å². The van der Waals surface area contributed by atoms with Crippen molar-refractivity contribution in [3.8, 4) is 44.9 Å². The molecule has 0 amide bonds. The lowest BCUT2D eigenvalue weighted by molar-refractivity contribution is 0.437. The maximum Gasteiger partial charge on any atom is 0.156 e. The first-order valence-corrected chi connectivity index (χ1v) is 27.9. The third-order valence-corrected chi connectivity index (χ3v) is 17.6. The van der Waals surface area contributed by atoms with Gasteiger partial charge in [0, 0.05) is 54.0 Å². The first-order chi connectivity index (χ1) is 39.2. The summed E-state index contributed by atoms with van der Waals surface area (Å²) in [6, 6.07) is 107. The lowest BCUT2D eigenvalue weighted by atomic mass is 9.66. The minimum Gasteiger partial charge on any atom is -0.454 e. The molecular weight excluding hydrogens is 977 g/mol. The average Bonchev–Trinajstić information content (AvgIpc) is 3.90. The van der Waals surface area contributed by atoms with Crippen LogP contribution in [-0.2, 0) is 5.41 Å². The van der Waals surface area contributed by atoms with Gasteiger partial charge >= 0.3 is 0 Å². The molecule has 14 aromatic rings. The molecule has 0 saturated carbocycles. The molecule has 13 aromatic carbocycles. The van der Waals surface area contributed by atoms with Gasteiger partial charge in [0.25, 0.3) is 0 Å². The largest absolute Gasteiger partial charge is 0.454 e. The van der Waals surface area contributed by atoms with Gasteiger partial charge in [-0.25, -0.2) is 0 Å². The van der Waals surface area contributed by atoms with E-state index in [1.54, 1.807) is 0 Å². The van der Waals surface area contributed by atoms with E-state index in [2.05, 4.69) is 301 Å². The van der Waals surface area contributed by atoms with Crippen LogP contribution >= 0.6 is 11.3 Å². The van der Waals surface area contributed by atoms with Gasteiger partial charge in [0.05, 0.1) is 16.8 Å². The Labute approximate surface area is 462 Å². The van der Waals surface area contributed by atoms with Crippen LogP contribution in [0.3, 0.4) is 0 Å². The average molecular weight is 1030 g/mol. The third-order valence-electron chi connectivity index (χ3n) is 16.5. The molecule has 2 heterocycles. The van der Waals surface area contributed by atoms with E-state index in [1.165, 1.54) is 80.7 Å². The number of fused-ring (bicyclic) bond motifs is 15. The summed E-state index contributed by atoms with van der Waals surface area (Å²) in [7, 11) is 0. The Balaban J connectivity index is 0.937. The predicted octanol–water partition coefficient (Wildman–Crippen LogP) is 21.1. The highest BCUT2D eigenvalue weighted by molar-refractivity contribution is 7.26. The van der Waals surface area contributed by atoms with E-state index in [4.69, 9.17) is 4.74 Å². The zero-order valence-electron chi connectivity index (χ0n) is 42.9. The van der Waals surface area contributed by atoms with Gasteiger partial charge in [0.2, 0.25) is 0 Å². The maximum absolute atomic E-state index is 7.42. The van der Waals surface area contributed by atoms with Crippen LogP contribution in [0, 0.1) is 0 Å². The van der Waals surface area contributed by atoms with E-state index in [1.807, 2.05) is 11.3 Å². The number of hydrogen-bond acceptors (Lipinski definition) is 4. The maximum atomic E-state index is 7.42. The number of hydrogen-bond donors (Lipinski definition) is 0. The van der Waals surface area contributed by atoms with E-state index in [0.717, 1.165) is 62.3 Å². The fourth-order valence-electron chi connectivity index (χ4n) is 13.0. The molecule has 1 aromatic heterocycles. The molecule has 370 valence electrons. The molecule has 0 radical (unpaired) electrons. The molecule has 4 heteroatoms. The van der Waals surface area contributed by atoms with Gasteiger partial charge in [-0.3, -0.25) is 0 Å². The molecule has 2 aliphatic rings. The summed E-state index contributed by atoms with van der Waals surface area (Å²) in [4.78, 5) is 4.89. The molecule has 1 aliphatic heterocycles. The van der Waals surface area contributed by atoms with Crippen LogP contribution in [0.5, 0.6) is 11.5 Å². The van der Waals surface area contributed by atoms with Crippen molar-refractivity contribution in [2.75, 3.05) is 9.80 Å². The van der Waals surface area contributed by atoms with E-state index in [0.29, 0.717) is 0 Å². The molecule has 0 N–H and O–H groups in total. The van der Waals surface area contributed by atoms with Gasteiger partial charge in [0.15, 0.2) is 5.75 Å². The molecule has 3 nitrogen and oxygen atoms in total. The summed E-state index contributed by atoms with van der Waals surface area (Å²) in [6.07, 6.45) is 0. The zero-order valence-corrected chi connectivity index (χ0v) is 43.7. The Morgan fingerprint density at radius 1 is 0.304 bits per heavy atom. The SMILES string of the molecule is c1ccc(-c2ccc(N(c3cccc(-c4ccccc4)c3)c3cccc4sc5ccc(N(c6ccc7c(ccc8ccccc87)c6)c6cccc7c6Oc6ccccc6C76c7ccccc7-c7ccccc76)cc5c34)cc2)cc1. The molecule has 0 fully saturated rings. The molecule has 16 rings (SSSR count). The summed E-state index contributed by atoms with van der Waals surface area (Å²) in [5.74, 6) is 1.70. The first kappa shape index (κ1) is 45.2. The number of anilines is 6. The normalized spacial score (nSPS) is 12.8. The Morgan fingerprint density at radius 3 is 1.65 bits per heavy atom. The van der Waals surface area contributed by atoms with Crippen molar-refractivity contribution in [2.45, 2.75) is 5.41 Å². The summed E-state index contributed by atoms with van der Waals surface area (Å²) < 4.78 is 9.85. The van der Waals surface area contributed by atoms with Crippen molar-refractivity contribution in [1.29, 1.82) is 0 Å². The molecular formula is C75H48N2OS. The summed E-state index contributed by atoms with van der Waals surface area (Å²) in [6.45, 7) is 0. The number of rotatable bonds is 8. The van der Waals surface area contributed by atoms with Crippen LogP contribution in [0.4, 0.5) is 34.1 Å². The second-order valence-electron chi connectivity index (χ2n) is 20.7. The fraction of sp³-hybridized carbons (Fsp3) is 0.0133. The van der Waals surface area contributed by atoms with Crippen LogP contribution in [0.1, 0.15) is 22.3 Å². The smallest absolute Gasteiger partial charge is 0.156 e. The topological polar surface area (TPSA) is 15.7 Å². The molecule has 0 unspecified atom stereocenters. The van der Waals surface area contributed by atoms with E-state index in [9.17, 15) is 0 Å². The van der Waals surface area contributed by atoms with Crippen LogP contribution in [0.2, 0.25) is 0 Å². The van der Waals surface area contributed by atoms with Crippen molar-refractivity contribution in [2.24, 2.45) is 0 Å². The van der Waals surface area contributed by atoms with Crippen molar-refractivity contribution in [3.05, 3.63) is 313 Å². The minimum absolute atomic E-state index is 0.621. The first-order valence-electron chi connectivity index (χ1n) is 27.1. The highest BCUT2D eigenvalue weighted by atomic mass is 32.1. The fourth-order valence-corrected chi connectivity index (χ4v) is 14.2. The van der Waals surface area contributed by atoms with Crippen LogP contribution in [0.25, 0.3) is 75.1 Å². The highest BCUT2D eigenvalue weighted by Crippen LogP contribution is 2.64. The summed E-state index contributed by atoms with van der Waals surface area (Å²) in [5, 5.41) is 7.24. The van der Waals surface area contributed by atoms with Gasteiger partial charge in [-0.2, -0.15) is 0 Å². The number of nitrogens with zero attached hydrogens (tertiary/aromatic N) is 2. The molecule has 1 aliphatic carbocycles.